The molecule has 154 valence electrons. The first kappa shape index (κ1) is 23.8. The molecular formula is C19H32IN3O4. The molecule has 0 bridgehead atoms. The lowest BCUT2D eigenvalue weighted by molar-refractivity contribution is 0.0888. The lowest BCUT2D eigenvalue weighted by Crippen LogP contribution is -2.32. The highest BCUT2D eigenvalue weighted by molar-refractivity contribution is 14.0. The van der Waals surface area contributed by atoms with Crippen LogP contribution in [0.1, 0.15) is 19.8 Å². The summed E-state index contributed by atoms with van der Waals surface area (Å²) in [7, 11) is 3.38. The van der Waals surface area contributed by atoms with Crippen LogP contribution in [0.2, 0.25) is 0 Å². The quantitative estimate of drug-likeness (QED) is 0.226. The molecule has 1 heterocycles. The molecule has 1 aromatic rings. The van der Waals surface area contributed by atoms with Gasteiger partial charge in [0.15, 0.2) is 17.5 Å². The first-order valence-electron chi connectivity index (χ1n) is 9.20. The van der Waals surface area contributed by atoms with Gasteiger partial charge in [0, 0.05) is 44.5 Å². The van der Waals surface area contributed by atoms with Crippen LogP contribution < -0.4 is 20.1 Å². The van der Waals surface area contributed by atoms with Gasteiger partial charge in [0.25, 0.3) is 0 Å². The number of ether oxygens (including phenoxy) is 4. The van der Waals surface area contributed by atoms with E-state index in [0.717, 1.165) is 51.5 Å². The molecule has 27 heavy (non-hydrogen) atoms. The predicted molar refractivity (Wildman–Crippen MR) is 119 cm³/mol. The third-order valence-corrected chi connectivity index (χ3v) is 4.09. The zero-order valence-corrected chi connectivity index (χ0v) is 18.8. The Hall–Kier alpha value is -1.26. The zero-order chi connectivity index (χ0) is 18.6. The van der Waals surface area contributed by atoms with Gasteiger partial charge in [-0.3, -0.25) is 4.99 Å². The minimum Gasteiger partial charge on any atom is -0.493 e. The molecule has 1 atom stereocenters. The van der Waals surface area contributed by atoms with E-state index in [2.05, 4.69) is 15.6 Å². The number of guanidine groups is 1. The second-order valence-electron chi connectivity index (χ2n) is 6.08. The van der Waals surface area contributed by atoms with Gasteiger partial charge in [0.05, 0.1) is 26.9 Å². The van der Waals surface area contributed by atoms with Crippen molar-refractivity contribution >= 4 is 35.6 Å². The summed E-state index contributed by atoms with van der Waals surface area (Å²) in [6, 6.07) is 5.71. The van der Waals surface area contributed by atoms with Crippen molar-refractivity contribution in [1.82, 2.24) is 5.32 Å². The molecule has 0 aliphatic carbocycles. The van der Waals surface area contributed by atoms with Gasteiger partial charge < -0.3 is 29.6 Å². The summed E-state index contributed by atoms with van der Waals surface area (Å²) in [6.07, 6.45) is 2.03. The van der Waals surface area contributed by atoms with Crippen molar-refractivity contribution in [3.63, 3.8) is 0 Å². The van der Waals surface area contributed by atoms with Crippen LogP contribution in [0.3, 0.4) is 0 Å². The smallest absolute Gasteiger partial charge is 0.195 e. The van der Waals surface area contributed by atoms with Gasteiger partial charge in [-0.05, 0) is 31.9 Å². The van der Waals surface area contributed by atoms with Crippen molar-refractivity contribution in [2.75, 3.05) is 59.1 Å². The fourth-order valence-electron chi connectivity index (χ4n) is 2.68. The van der Waals surface area contributed by atoms with Crippen molar-refractivity contribution in [1.29, 1.82) is 0 Å². The molecule has 1 saturated heterocycles. The Balaban J connectivity index is 0.00000364. The van der Waals surface area contributed by atoms with Gasteiger partial charge in [0.1, 0.15) is 0 Å². The molecule has 7 nitrogen and oxygen atoms in total. The Morgan fingerprint density at radius 3 is 2.85 bits per heavy atom. The molecule has 0 amide bonds. The molecule has 8 heteroatoms. The summed E-state index contributed by atoms with van der Waals surface area (Å²) in [4.78, 5) is 4.25. The molecule has 0 spiro atoms. The molecule has 1 aromatic carbocycles. The van der Waals surface area contributed by atoms with E-state index in [1.165, 1.54) is 0 Å². The highest BCUT2D eigenvalue weighted by atomic mass is 127. The fourth-order valence-corrected chi connectivity index (χ4v) is 2.68. The summed E-state index contributed by atoms with van der Waals surface area (Å²) in [6.45, 7) is 6.54. The van der Waals surface area contributed by atoms with Gasteiger partial charge in [-0.1, -0.05) is 0 Å². The normalized spacial score (nSPS) is 16.6. The number of anilines is 1. The second kappa shape index (κ2) is 13.8. The van der Waals surface area contributed by atoms with Crippen molar-refractivity contribution in [2.24, 2.45) is 10.9 Å². The predicted octanol–water partition coefficient (Wildman–Crippen LogP) is 3.14. The number of hydrogen-bond acceptors (Lipinski definition) is 5. The van der Waals surface area contributed by atoms with Gasteiger partial charge >= 0.3 is 0 Å². The Labute approximate surface area is 179 Å². The van der Waals surface area contributed by atoms with E-state index in [-0.39, 0.29) is 24.0 Å². The number of nitrogens with one attached hydrogen (secondary N) is 2. The van der Waals surface area contributed by atoms with Crippen LogP contribution in [0.5, 0.6) is 11.5 Å². The Morgan fingerprint density at radius 1 is 1.33 bits per heavy atom. The summed E-state index contributed by atoms with van der Waals surface area (Å²) in [5, 5.41) is 6.55. The van der Waals surface area contributed by atoms with Crippen molar-refractivity contribution in [3.05, 3.63) is 18.2 Å². The molecule has 1 fully saturated rings. The monoisotopic (exact) mass is 493 g/mol. The van der Waals surface area contributed by atoms with Gasteiger partial charge in [-0.25, -0.2) is 0 Å². The van der Waals surface area contributed by atoms with Gasteiger partial charge in [-0.15, -0.1) is 24.0 Å². The number of hydrogen-bond donors (Lipinski definition) is 2. The summed E-state index contributed by atoms with van der Waals surface area (Å²) in [5.41, 5.74) is 0.889. The minimum absolute atomic E-state index is 0. The molecule has 0 radical (unpaired) electrons. The molecule has 1 aliphatic heterocycles. The average Bonchev–Trinajstić information content (AvgIpc) is 3.17. The van der Waals surface area contributed by atoms with Crippen molar-refractivity contribution in [3.8, 4) is 11.5 Å². The number of methoxy groups -OCH3 is 1. The lowest BCUT2D eigenvalue weighted by Gasteiger charge is -2.15. The van der Waals surface area contributed by atoms with E-state index < -0.39 is 0 Å². The fraction of sp³-hybridized carbons (Fsp3) is 0.632. The molecule has 1 aliphatic rings. The molecule has 2 rings (SSSR count). The van der Waals surface area contributed by atoms with Gasteiger partial charge in [0.2, 0.25) is 0 Å². The van der Waals surface area contributed by atoms with Gasteiger partial charge in [-0.2, -0.15) is 0 Å². The largest absolute Gasteiger partial charge is 0.493 e. The van der Waals surface area contributed by atoms with Crippen LogP contribution in [0, 0.1) is 5.92 Å². The van der Waals surface area contributed by atoms with Crippen LogP contribution in [0.25, 0.3) is 0 Å². The van der Waals surface area contributed by atoms with Crippen LogP contribution >= 0.6 is 24.0 Å². The summed E-state index contributed by atoms with van der Waals surface area (Å²) in [5.74, 6) is 2.69. The van der Waals surface area contributed by atoms with E-state index in [0.29, 0.717) is 30.0 Å². The maximum absolute atomic E-state index is 5.71. The maximum atomic E-state index is 5.71. The average molecular weight is 493 g/mol. The van der Waals surface area contributed by atoms with Crippen molar-refractivity contribution < 1.29 is 18.9 Å². The summed E-state index contributed by atoms with van der Waals surface area (Å²) >= 11 is 0. The molecule has 1 unspecified atom stereocenters. The minimum atomic E-state index is 0. The highest BCUT2D eigenvalue weighted by Gasteiger charge is 2.15. The third kappa shape index (κ3) is 8.52. The van der Waals surface area contributed by atoms with E-state index in [4.69, 9.17) is 18.9 Å². The summed E-state index contributed by atoms with van der Waals surface area (Å²) < 4.78 is 22.0. The van der Waals surface area contributed by atoms with E-state index in [1.54, 1.807) is 14.2 Å². The first-order chi connectivity index (χ1) is 12.8. The molecular weight excluding hydrogens is 461 g/mol. The lowest BCUT2D eigenvalue weighted by atomic mass is 10.1. The topological polar surface area (TPSA) is 73.3 Å². The van der Waals surface area contributed by atoms with Crippen LogP contribution in [0.4, 0.5) is 5.69 Å². The number of rotatable bonds is 10. The Kier molecular flexibility index (Phi) is 12.2. The standard InChI is InChI=1S/C19H31N3O4.HI/c1-4-26-18-12-16(6-7-17(18)23-3)22-19(20-2)21-9-5-10-24-13-15-8-11-25-14-15;/h6-7,12,15H,4-5,8-11,13-14H2,1-3H3,(H2,20,21,22);1H. The van der Waals surface area contributed by atoms with Crippen LogP contribution in [-0.2, 0) is 9.47 Å². The number of aliphatic imine (C=N–C) groups is 1. The molecule has 0 saturated carbocycles. The Morgan fingerprint density at radius 2 is 2.19 bits per heavy atom. The van der Waals surface area contributed by atoms with E-state index >= 15 is 0 Å². The van der Waals surface area contributed by atoms with E-state index in [1.807, 2.05) is 25.1 Å². The van der Waals surface area contributed by atoms with Crippen LogP contribution in [-0.4, -0.2) is 59.7 Å². The number of nitrogens with zero attached hydrogens (tertiary/aromatic N) is 1. The molecule has 2 N–H and O–H groups in total. The molecule has 0 aromatic heterocycles. The van der Waals surface area contributed by atoms with E-state index in [9.17, 15) is 0 Å². The number of halogens is 1. The highest BCUT2D eigenvalue weighted by Crippen LogP contribution is 2.30. The SMILES string of the molecule is CCOc1cc(NC(=NC)NCCCOCC2CCOC2)ccc1OC.I. The third-order valence-electron chi connectivity index (χ3n) is 4.09. The maximum Gasteiger partial charge on any atom is 0.195 e. The number of benzene rings is 1. The van der Waals surface area contributed by atoms with Crippen molar-refractivity contribution in [2.45, 2.75) is 19.8 Å². The second-order valence-corrected chi connectivity index (χ2v) is 6.08. The first-order valence-corrected chi connectivity index (χ1v) is 9.20. The Bertz CT molecular complexity index is 566. The van der Waals surface area contributed by atoms with Crippen LogP contribution in [0.15, 0.2) is 23.2 Å². The zero-order valence-electron chi connectivity index (χ0n) is 16.5.